The molecule has 0 aliphatic carbocycles. The number of nitrogens with one attached hydrogen (secondary N) is 1. The molecule has 4 rings (SSSR count). The molecule has 1 aliphatic heterocycles. The molecule has 7 nitrogen and oxygen atoms in total. The quantitative estimate of drug-likeness (QED) is 0.793. The molecule has 122 valence electrons. The number of nitrogens with zero attached hydrogens (tertiary/aromatic N) is 5. The molecular formula is C17H18N6O. The van der Waals surface area contributed by atoms with Crippen molar-refractivity contribution in [2.24, 2.45) is 0 Å². The van der Waals surface area contributed by atoms with E-state index in [4.69, 9.17) is 4.74 Å². The Labute approximate surface area is 139 Å². The summed E-state index contributed by atoms with van der Waals surface area (Å²) >= 11 is 0. The van der Waals surface area contributed by atoms with Gasteiger partial charge in [0, 0.05) is 38.2 Å². The summed E-state index contributed by atoms with van der Waals surface area (Å²) in [5.41, 5.74) is 2.69. The lowest BCUT2D eigenvalue weighted by Gasteiger charge is -2.21. The summed E-state index contributed by atoms with van der Waals surface area (Å²) in [5.74, 6) is 0.844. The SMILES string of the molecule is CO[C@@H]1C[C@@H](c2ncn[nH]2)N(Cc2cn3ccccc3c2C#N)C1. The standard InChI is InChI=1S/C17H18N6O/c1-24-13-6-16(17-19-11-20-21-17)23(10-13)9-12-8-22-5-3-2-4-15(22)14(12)7-18/h2-5,8,11,13,16H,6,9-10H2,1H3,(H,19,20,21)/t13-,16+/m1/s1. The van der Waals surface area contributed by atoms with Crippen LogP contribution in [0.15, 0.2) is 36.9 Å². The Morgan fingerprint density at radius 2 is 2.38 bits per heavy atom. The van der Waals surface area contributed by atoms with Gasteiger partial charge in [0.15, 0.2) is 0 Å². The molecule has 3 aromatic heterocycles. The highest BCUT2D eigenvalue weighted by Crippen LogP contribution is 2.33. The van der Waals surface area contributed by atoms with Gasteiger partial charge in [0.2, 0.25) is 0 Å². The van der Waals surface area contributed by atoms with Crippen LogP contribution in [0.1, 0.15) is 29.4 Å². The molecule has 0 saturated carbocycles. The smallest absolute Gasteiger partial charge is 0.141 e. The first-order valence-electron chi connectivity index (χ1n) is 7.91. The summed E-state index contributed by atoms with van der Waals surface area (Å²) < 4.78 is 7.55. The zero-order valence-corrected chi connectivity index (χ0v) is 13.4. The van der Waals surface area contributed by atoms with Crippen LogP contribution in [0.25, 0.3) is 5.52 Å². The monoisotopic (exact) mass is 322 g/mol. The van der Waals surface area contributed by atoms with Crippen LogP contribution in [-0.4, -0.2) is 44.2 Å². The van der Waals surface area contributed by atoms with E-state index in [0.29, 0.717) is 6.54 Å². The minimum Gasteiger partial charge on any atom is -0.380 e. The Morgan fingerprint density at radius 1 is 1.46 bits per heavy atom. The number of pyridine rings is 1. The lowest BCUT2D eigenvalue weighted by Crippen LogP contribution is -2.25. The van der Waals surface area contributed by atoms with Crippen molar-refractivity contribution in [1.29, 1.82) is 5.26 Å². The molecule has 0 bridgehead atoms. The minimum absolute atomic E-state index is 0.118. The second-order valence-corrected chi connectivity index (χ2v) is 6.04. The number of aromatic nitrogens is 4. The van der Waals surface area contributed by atoms with Crippen LogP contribution in [0.2, 0.25) is 0 Å². The molecule has 1 aliphatic rings. The lowest BCUT2D eigenvalue weighted by atomic mass is 10.1. The number of H-pyrrole nitrogens is 1. The van der Waals surface area contributed by atoms with Crippen molar-refractivity contribution in [2.45, 2.75) is 25.1 Å². The van der Waals surface area contributed by atoms with Crippen molar-refractivity contribution in [3.63, 3.8) is 0 Å². The summed E-state index contributed by atoms with van der Waals surface area (Å²) in [5, 5.41) is 16.5. The molecule has 1 saturated heterocycles. The van der Waals surface area contributed by atoms with E-state index in [0.717, 1.165) is 35.4 Å². The van der Waals surface area contributed by atoms with Crippen LogP contribution in [0.4, 0.5) is 0 Å². The zero-order valence-electron chi connectivity index (χ0n) is 13.4. The number of nitriles is 1. The first-order valence-corrected chi connectivity index (χ1v) is 7.91. The molecule has 1 fully saturated rings. The third-order valence-electron chi connectivity index (χ3n) is 4.70. The number of hydrogen-bond donors (Lipinski definition) is 1. The Kier molecular flexibility index (Phi) is 3.76. The summed E-state index contributed by atoms with van der Waals surface area (Å²) in [6.45, 7) is 1.48. The Morgan fingerprint density at radius 3 is 3.12 bits per heavy atom. The van der Waals surface area contributed by atoms with Crippen molar-refractivity contribution in [3.05, 3.63) is 53.9 Å². The molecule has 2 atom stereocenters. The maximum atomic E-state index is 9.59. The van der Waals surface area contributed by atoms with E-state index in [1.54, 1.807) is 7.11 Å². The second kappa shape index (κ2) is 6.07. The van der Waals surface area contributed by atoms with Gasteiger partial charge >= 0.3 is 0 Å². The minimum atomic E-state index is 0.118. The molecule has 4 heterocycles. The van der Waals surface area contributed by atoms with Crippen molar-refractivity contribution in [3.8, 4) is 6.07 Å². The van der Waals surface area contributed by atoms with Crippen LogP contribution in [0.3, 0.4) is 0 Å². The molecular weight excluding hydrogens is 304 g/mol. The van der Waals surface area contributed by atoms with Gasteiger partial charge in [0.1, 0.15) is 18.2 Å². The topological polar surface area (TPSA) is 82.2 Å². The largest absolute Gasteiger partial charge is 0.380 e. The van der Waals surface area contributed by atoms with Crippen molar-refractivity contribution < 1.29 is 4.74 Å². The van der Waals surface area contributed by atoms with Crippen LogP contribution in [0.5, 0.6) is 0 Å². The van der Waals surface area contributed by atoms with E-state index in [2.05, 4.69) is 26.2 Å². The summed E-state index contributed by atoms with van der Waals surface area (Å²) in [4.78, 5) is 6.61. The van der Waals surface area contributed by atoms with Crippen molar-refractivity contribution >= 4 is 5.52 Å². The van der Waals surface area contributed by atoms with E-state index >= 15 is 0 Å². The molecule has 0 radical (unpaired) electrons. The summed E-state index contributed by atoms with van der Waals surface area (Å²) in [6.07, 6.45) is 6.55. The highest BCUT2D eigenvalue weighted by Gasteiger charge is 2.35. The number of fused-ring (bicyclic) bond motifs is 1. The average Bonchev–Trinajstić information content (AvgIpc) is 3.32. The third kappa shape index (κ3) is 2.46. The molecule has 0 unspecified atom stereocenters. The molecule has 0 amide bonds. The molecule has 0 spiro atoms. The second-order valence-electron chi connectivity index (χ2n) is 6.04. The van der Waals surface area contributed by atoms with Crippen LogP contribution in [0, 0.1) is 11.3 Å². The van der Waals surface area contributed by atoms with Gasteiger partial charge in [0.25, 0.3) is 0 Å². The normalized spacial score (nSPS) is 21.3. The summed E-state index contributed by atoms with van der Waals surface area (Å²) in [6, 6.07) is 8.36. The number of aromatic amines is 1. The van der Waals surface area contributed by atoms with Gasteiger partial charge in [-0.15, -0.1) is 0 Å². The molecule has 0 aromatic carbocycles. The molecule has 3 aromatic rings. The van der Waals surface area contributed by atoms with Gasteiger partial charge in [-0.2, -0.15) is 10.4 Å². The van der Waals surface area contributed by atoms with E-state index in [-0.39, 0.29) is 12.1 Å². The fraction of sp³-hybridized carbons (Fsp3) is 0.353. The number of likely N-dealkylation sites (tertiary alicyclic amines) is 1. The van der Waals surface area contributed by atoms with E-state index in [1.165, 1.54) is 6.33 Å². The first kappa shape index (κ1) is 14.9. The number of hydrogen-bond acceptors (Lipinski definition) is 5. The van der Waals surface area contributed by atoms with Gasteiger partial charge in [0.05, 0.1) is 23.2 Å². The van der Waals surface area contributed by atoms with Gasteiger partial charge < -0.3 is 9.14 Å². The highest BCUT2D eigenvalue weighted by atomic mass is 16.5. The fourth-order valence-electron chi connectivity index (χ4n) is 3.51. The Balaban J connectivity index is 1.67. The van der Waals surface area contributed by atoms with Gasteiger partial charge in [-0.1, -0.05) is 6.07 Å². The molecule has 24 heavy (non-hydrogen) atoms. The first-order chi connectivity index (χ1) is 11.8. The highest BCUT2D eigenvalue weighted by molar-refractivity contribution is 5.65. The summed E-state index contributed by atoms with van der Waals surface area (Å²) in [7, 11) is 1.74. The van der Waals surface area contributed by atoms with Crippen molar-refractivity contribution in [2.75, 3.05) is 13.7 Å². The van der Waals surface area contributed by atoms with Gasteiger partial charge in [-0.3, -0.25) is 10.00 Å². The lowest BCUT2D eigenvalue weighted by molar-refractivity contribution is 0.107. The maximum absolute atomic E-state index is 9.59. The van der Waals surface area contributed by atoms with Gasteiger partial charge in [-0.05, 0) is 18.6 Å². The Bertz CT molecular complexity index is 878. The fourth-order valence-corrected chi connectivity index (χ4v) is 3.51. The maximum Gasteiger partial charge on any atom is 0.141 e. The van der Waals surface area contributed by atoms with Crippen LogP contribution < -0.4 is 0 Å². The average molecular weight is 322 g/mol. The Hall–Kier alpha value is -2.69. The number of rotatable bonds is 4. The number of methoxy groups -OCH3 is 1. The van der Waals surface area contributed by atoms with Crippen LogP contribution in [-0.2, 0) is 11.3 Å². The van der Waals surface area contributed by atoms with E-state index < -0.39 is 0 Å². The third-order valence-corrected chi connectivity index (χ3v) is 4.70. The van der Waals surface area contributed by atoms with Crippen LogP contribution >= 0.6 is 0 Å². The van der Waals surface area contributed by atoms with Crippen molar-refractivity contribution in [1.82, 2.24) is 24.5 Å². The number of ether oxygens (including phenoxy) is 1. The molecule has 7 heteroatoms. The van der Waals surface area contributed by atoms with Gasteiger partial charge in [-0.25, -0.2) is 4.98 Å². The van der Waals surface area contributed by atoms with E-state index in [1.807, 2.05) is 35.0 Å². The zero-order chi connectivity index (χ0) is 16.5. The molecule has 1 N–H and O–H groups in total. The predicted molar refractivity (Wildman–Crippen MR) is 87.1 cm³/mol. The van der Waals surface area contributed by atoms with E-state index in [9.17, 15) is 5.26 Å². The predicted octanol–water partition coefficient (Wildman–Crippen LogP) is 1.89.